The van der Waals surface area contributed by atoms with Crippen LogP contribution < -0.4 is 11.2 Å². The van der Waals surface area contributed by atoms with E-state index in [1.807, 2.05) is 0 Å². The van der Waals surface area contributed by atoms with Crippen LogP contribution in [0.4, 0.5) is 10.3 Å². The molecule has 13 heavy (non-hydrogen) atoms. The van der Waals surface area contributed by atoms with Gasteiger partial charge in [-0.1, -0.05) is 0 Å². The van der Waals surface area contributed by atoms with Gasteiger partial charge in [0, 0.05) is 6.07 Å². The maximum absolute atomic E-state index is 12.7. The first-order chi connectivity index (χ1) is 6.16. The van der Waals surface area contributed by atoms with Crippen LogP contribution in [-0.2, 0) is 0 Å². The minimum Gasteiger partial charge on any atom is -0.441 e. The zero-order valence-electron chi connectivity index (χ0n) is 6.58. The first-order valence-corrected chi connectivity index (χ1v) is 3.66. The highest BCUT2D eigenvalue weighted by Gasteiger charge is 2.02. The number of rotatable bonds is 0. The molecule has 0 saturated heterocycles. The molecule has 2 N–H and O–H groups in total. The third-order valence-electron chi connectivity index (χ3n) is 1.71. The lowest BCUT2D eigenvalue weighted by atomic mass is 10.2. The number of anilines is 1. The van der Waals surface area contributed by atoms with Crippen LogP contribution >= 0.6 is 0 Å². The molecule has 1 heterocycles. The fourth-order valence-corrected chi connectivity index (χ4v) is 1.15. The summed E-state index contributed by atoms with van der Waals surface area (Å²) in [6.07, 6.45) is 0. The van der Waals surface area contributed by atoms with Crippen molar-refractivity contribution in [2.45, 2.75) is 0 Å². The van der Waals surface area contributed by atoms with Gasteiger partial charge in [0.05, 0.1) is 5.39 Å². The topological polar surface area (TPSA) is 56.2 Å². The monoisotopic (exact) mass is 179 g/mol. The number of hydrogen-bond donors (Lipinski definition) is 1. The van der Waals surface area contributed by atoms with Crippen molar-refractivity contribution in [1.82, 2.24) is 0 Å². The van der Waals surface area contributed by atoms with E-state index in [1.165, 1.54) is 12.1 Å². The Kier molecular flexibility index (Phi) is 1.55. The van der Waals surface area contributed by atoms with Gasteiger partial charge in [-0.05, 0) is 18.2 Å². The molecule has 0 spiro atoms. The van der Waals surface area contributed by atoms with Crippen molar-refractivity contribution in [2.24, 2.45) is 0 Å². The molecular weight excluding hydrogens is 173 g/mol. The van der Waals surface area contributed by atoms with Gasteiger partial charge in [0.15, 0.2) is 11.3 Å². The summed E-state index contributed by atoms with van der Waals surface area (Å²) in [5.74, 6) is -0.436. The summed E-state index contributed by atoms with van der Waals surface area (Å²) in [4.78, 5) is 11.2. The number of fused-ring (bicyclic) bond motifs is 1. The molecule has 3 nitrogen and oxygen atoms in total. The molecule has 4 heteroatoms. The number of nitrogen functional groups attached to an aromatic ring is 1. The van der Waals surface area contributed by atoms with E-state index in [-0.39, 0.29) is 16.7 Å². The van der Waals surface area contributed by atoms with Crippen molar-refractivity contribution >= 4 is 16.9 Å². The minimum atomic E-state index is -0.468. The summed E-state index contributed by atoms with van der Waals surface area (Å²) in [5, 5.41) is 0.203. The molecule has 0 atom stereocenters. The van der Waals surface area contributed by atoms with Crippen molar-refractivity contribution < 1.29 is 8.81 Å². The number of halogens is 1. The summed E-state index contributed by atoms with van der Waals surface area (Å²) in [6, 6.07) is 4.84. The van der Waals surface area contributed by atoms with Gasteiger partial charge < -0.3 is 10.2 Å². The summed E-state index contributed by atoms with van der Waals surface area (Å²) in [7, 11) is 0. The average molecular weight is 179 g/mol. The summed E-state index contributed by atoms with van der Waals surface area (Å²) in [5.41, 5.74) is 5.26. The van der Waals surface area contributed by atoms with Crippen LogP contribution in [0.15, 0.2) is 33.5 Å². The highest BCUT2D eigenvalue weighted by Crippen LogP contribution is 2.14. The maximum Gasteiger partial charge on any atom is 0.194 e. The zero-order valence-corrected chi connectivity index (χ0v) is 6.58. The Bertz CT molecular complexity index is 518. The van der Waals surface area contributed by atoms with Crippen LogP contribution in [0.25, 0.3) is 11.0 Å². The molecule has 0 radical (unpaired) electrons. The second-order valence-corrected chi connectivity index (χ2v) is 2.65. The molecule has 1 aromatic carbocycles. The van der Waals surface area contributed by atoms with Gasteiger partial charge in [-0.2, -0.15) is 0 Å². The molecule has 0 unspecified atom stereocenters. The maximum atomic E-state index is 12.7. The number of nitrogens with two attached hydrogens (primary N) is 1. The summed E-state index contributed by atoms with van der Waals surface area (Å²) in [6.45, 7) is 0. The average Bonchev–Trinajstić information content (AvgIpc) is 2.06. The standard InChI is InChI=1S/C9H6FNO2/c10-5-1-2-8-6(3-5)7(12)4-9(11)13-8/h1-4H,11H2. The first kappa shape index (κ1) is 7.79. The molecule has 0 bridgehead atoms. The van der Waals surface area contributed by atoms with Gasteiger partial charge >= 0.3 is 0 Å². The van der Waals surface area contributed by atoms with Gasteiger partial charge in [-0.3, -0.25) is 4.79 Å². The van der Waals surface area contributed by atoms with E-state index in [1.54, 1.807) is 0 Å². The van der Waals surface area contributed by atoms with Gasteiger partial charge in [-0.25, -0.2) is 4.39 Å². The largest absolute Gasteiger partial charge is 0.441 e. The quantitative estimate of drug-likeness (QED) is 0.666. The Labute approximate surface area is 72.6 Å². The second kappa shape index (κ2) is 2.58. The molecule has 1 aromatic heterocycles. The van der Waals surface area contributed by atoms with E-state index in [0.29, 0.717) is 5.58 Å². The van der Waals surface area contributed by atoms with Crippen molar-refractivity contribution in [2.75, 3.05) is 5.73 Å². The second-order valence-electron chi connectivity index (χ2n) is 2.65. The van der Waals surface area contributed by atoms with Crippen molar-refractivity contribution in [3.8, 4) is 0 Å². The lowest BCUT2D eigenvalue weighted by molar-refractivity contribution is 0.612. The van der Waals surface area contributed by atoms with Crippen molar-refractivity contribution in [1.29, 1.82) is 0 Å². The number of hydrogen-bond acceptors (Lipinski definition) is 3. The smallest absolute Gasteiger partial charge is 0.194 e. The Morgan fingerprint density at radius 1 is 1.31 bits per heavy atom. The molecule has 0 aliphatic rings. The van der Waals surface area contributed by atoms with Gasteiger partial charge in [0.1, 0.15) is 11.4 Å². The molecule has 2 rings (SSSR count). The van der Waals surface area contributed by atoms with E-state index in [4.69, 9.17) is 10.2 Å². The highest BCUT2D eigenvalue weighted by atomic mass is 19.1. The lowest BCUT2D eigenvalue weighted by Gasteiger charge is -1.97. The van der Waals surface area contributed by atoms with E-state index in [2.05, 4.69) is 0 Å². The summed E-state index contributed by atoms with van der Waals surface area (Å²) < 4.78 is 17.7. The minimum absolute atomic E-state index is 0.0316. The lowest BCUT2D eigenvalue weighted by Crippen LogP contribution is -2.01. The Morgan fingerprint density at radius 3 is 2.85 bits per heavy atom. The van der Waals surface area contributed by atoms with Gasteiger partial charge in [-0.15, -0.1) is 0 Å². The van der Waals surface area contributed by atoms with E-state index in [9.17, 15) is 9.18 Å². The highest BCUT2D eigenvalue weighted by molar-refractivity contribution is 5.77. The van der Waals surface area contributed by atoms with Gasteiger partial charge in [0.2, 0.25) is 0 Å². The fraction of sp³-hybridized carbons (Fsp3) is 0. The molecule has 0 aliphatic carbocycles. The predicted octanol–water partition coefficient (Wildman–Crippen LogP) is 1.51. The number of benzene rings is 1. The Hall–Kier alpha value is -1.84. The predicted molar refractivity (Wildman–Crippen MR) is 46.9 cm³/mol. The molecule has 0 saturated carbocycles. The fourth-order valence-electron chi connectivity index (χ4n) is 1.15. The molecule has 0 aliphatic heterocycles. The Morgan fingerprint density at radius 2 is 2.08 bits per heavy atom. The third kappa shape index (κ3) is 1.26. The summed E-state index contributed by atoms with van der Waals surface area (Å²) >= 11 is 0. The molecule has 66 valence electrons. The normalized spacial score (nSPS) is 10.5. The Balaban J connectivity index is 2.95. The van der Waals surface area contributed by atoms with Gasteiger partial charge in [0.25, 0.3) is 0 Å². The first-order valence-electron chi connectivity index (χ1n) is 3.66. The SMILES string of the molecule is Nc1cc(=O)c2cc(F)ccc2o1. The van der Waals surface area contributed by atoms with E-state index in [0.717, 1.165) is 12.1 Å². The van der Waals surface area contributed by atoms with Crippen molar-refractivity contribution in [3.05, 3.63) is 40.3 Å². The molecule has 0 fully saturated rings. The van der Waals surface area contributed by atoms with E-state index < -0.39 is 5.82 Å². The van der Waals surface area contributed by atoms with Crippen LogP contribution in [0.1, 0.15) is 0 Å². The van der Waals surface area contributed by atoms with Crippen LogP contribution in [0.5, 0.6) is 0 Å². The molecular formula is C9H6FNO2. The van der Waals surface area contributed by atoms with Crippen LogP contribution in [-0.4, -0.2) is 0 Å². The van der Waals surface area contributed by atoms with Crippen LogP contribution in [0.2, 0.25) is 0 Å². The van der Waals surface area contributed by atoms with Crippen LogP contribution in [0.3, 0.4) is 0 Å². The third-order valence-corrected chi connectivity index (χ3v) is 1.71. The van der Waals surface area contributed by atoms with Crippen LogP contribution in [0, 0.1) is 5.82 Å². The van der Waals surface area contributed by atoms with E-state index >= 15 is 0 Å². The molecule has 2 aromatic rings. The molecule has 0 amide bonds. The van der Waals surface area contributed by atoms with Crippen molar-refractivity contribution in [3.63, 3.8) is 0 Å². The zero-order chi connectivity index (χ0) is 9.42.